The van der Waals surface area contributed by atoms with E-state index in [9.17, 15) is 0 Å². The zero-order valence-electron chi connectivity index (χ0n) is 9.95. The number of para-hydroxylation sites is 2. The fraction of sp³-hybridized carbons (Fsp3) is 0.0769. The van der Waals surface area contributed by atoms with E-state index in [1.807, 2.05) is 42.6 Å². The molecule has 96 valence electrons. The topological polar surface area (TPSA) is 55.9 Å². The van der Waals surface area contributed by atoms with Crippen LogP contribution in [0, 0.1) is 0 Å². The Kier molecular flexibility index (Phi) is 3.33. The molecule has 0 aliphatic rings. The van der Waals surface area contributed by atoms with Crippen LogP contribution in [0.4, 0.5) is 5.69 Å². The Bertz CT molecular complexity index is 663. The van der Waals surface area contributed by atoms with E-state index in [-0.39, 0.29) is 0 Å². The van der Waals surface area contributed by atoms with Crippen LogP contribution < -0.4 is 5.32 Å². The summed E-state index contributed by atoms with van der Waals surface area (Å²) in [5.41, 5.74) is 1.92. The molecular formula is C13H11BrN4O. The van der Waals surface area contributed by atoms with Crippen LogP contribution in [0.15, 0.2) is 57.9 Å². The van der Waals surface area contributed by atoms with Crippen molar-refractivity contribution in [3.8, 4) is 5.69 Å². The van der Waals surface area contributed by atoms with Gasteiger partial charge in [-0.15, -0.1) is 5.10 Å². The van der Waals surface area contributed by atoms with Gasteiger partial charge in [0.25, 0.3) is 0 Å². The average Bonchev–Trinajstić information content (AvgIpc) is 3.08. The average molecular weight is 319 g/mol. The Balaban J connectivity index is 1.81. The maximum Gasteiger partial charge on any atom is 0.169 e. The van der Waals surface area contributed by atoms with Gasteiger partial charge in [-0.1, -0.05) is 17.3 Å². The normalized spacial score (nSPS) is 10.6. The van der Waals surface area contributed by atoms with Crippen LogP contribution in [-0.4, -0.2) is 15.0 Å². The number of benzene rings is 1. The smallest absolute Gasteiger partial charge is 0.169 e. The van der Waals surface area contributed by atoms with Crippen molar-refractivity contribution in [3.05, 3.63) is 59.2 Å². The molecule has 2 aromatic heterocycles. The Morgan fingerprint density at radius 1 is 1.21 bits per heavy atom. The molecule has 0 spiro atoms. The molecule has 0 fully saturated rings. The van der Waals surface area contributed by atoms with E-state index in [1.54, 1.807) is 10.9 Å². The molecule has 0 saturated carbocycles. The summed E-state index contributed by atoms with van der Waals surface area (Å²) in [4.78, 5) is 0. The van der Waals surface area contributed by atoms with Gasteiger partial charge in [-0.05, 0) is 40.2 Å². The molecule has 6 heteroatoms. The van der Waals surface area contributed by atoms with Crippen LogP contribution in [0.25, 0.3) is 5.69 Å². The van der Waals surface area contributed by atoms with Gasteiger partial charge in [0.2, 0.25) is 0 Å². The fourth-order valence-corrected chi connectivity index (χ4v) is 2.13. The number of anilines is 1. The van der Waals surface area contributed by atoms with Crippen molar-refractivity contribution in [2.75, 3.05) is 5.32 Å². The van der Waals surface area contributed by atoms with E-state index in [1.165, 1.54) is 0 Å². The van der Waals surface area contributed by atoms with Crippen molar-refractivity contribution in [2.45, 2.75) is 6.54 Å². The summed E-state index contributed by atoms with van der Waals surface area (Å²) < 4.78 is 7.91. The summed E-state index contributed by atoms with van der Waals surface area (Å²) in [7, 11) is 0. The molecule has 0 unspecified atom stereocenters. The Labute approximate surface area is 118 Å². The molecule has 3 aromatic rings. The van der Waals surface area contributed by atoms with E-state index in [4.69, 9.17) is 4.42 Å². The van der Waals surface area contributed by atoms with Crippen molar-refractivity contribution >= 4 is 21.6 Å². The summed E-state index contributed by atoms with van der Waals surface area (Å²) in [6, 6.07) is 11.7. The number of aromatic nitrogens is 3. The third kappa shape index (κ3) is 2.68. The highest BCUT2D eigenvalue weighted by Gasteiger charge is 2.05. The van der Waals surface area contributed by atoms with Gasteiger partial charge < -0.3 is 9.73 Å². The van der Waals surface area contributed by atoms with Gasteiger partial charge in [0, 0.05) is 0 Å². The van der Waals surface area contributed by atoms with Gasteiger partial charge in [-0.2, -0.15) is 0 Å². The Morgan fingerprint density at radius 2 is 2.11 bits per heavy atom. The number of furan rings is 1. The molecule has 0 amide bonds. The lowest BCUT2D eigenvalue weighted by atomic mass is 10.2. The zero-order chi connectivity index (χ0) is 13.1. The molecule has 19 heavy (non-hydrogen) atoms. The monoisotopic (exact) mass is 318 g/mol. The first-order valence-electron chi connectivity index (χ1n) is 5.77. The van der Waals surface area contributed by atoms with Crippen LogP contribution in [-0.2, 0) is 6.54 Å². The third-order valence-electron chi connectivity index (χ3n) is 2.66. The van der Waals surface area contributed by atoms with E-state index < -0.39 is 0 Å². The van der Waals surface area contributed by atoms with Crippen molar-refractivity contribution in [1.82, 2.24) is 15.0 Å². The van der Waals surface area contributed by atoms with E-state index >= 15 is 0 Å². The van der Waals surface area contributed by atoms with E-state index in [0.717, 1.165) is 21.8 Å². The number of hydrogen-bond acceptors (Lipinski definition) is 4. The predicted molar refractivity (Wildman–Crippen MR) is 75.1 cm³/mol. The SMILES string of the molecule is Brc1ccc(CNc2ccccc2-n2ccnn2)o1. The summed E-state index contributed by atoms with van der Waals surface area (Å²) in [6.45, 7) is 0.608. The Hall–Kier alpha value is -2.08. The van der Waals surface area contributed by atoms with Crippen LogP contribution >= 0.6 is 15.9 Å². The summed E-state index contributed by atoms with van der Waals surface area (Å²) in [5.74, 6) is 0.861. The summed E-state index contributed by atoms with van der Waals surface area (Å²) in [5, 5.41) is 11.2. The number of nitrogens with zero attached hydrogens (tertiary/aromatic N) is 3. The quantitative estimate of drug-likeness (QED) is 0.802. The minimum absolute atomic E-state index is 0.608. The molecule has 2 heterocycles. The van der Waals surface area contributed by atoms with Crippen LogP contribution in [0.2, 0.25) is 0 Å². The molecule has 0 aliphatic heterocycles. The van der Waals surface area contributed by atoms with Gasteiger partial charge in [0.1, 0.15) is 5.76 Å². The number of hydrogen-bond donors (Lipinski definition) is 1. The maximum absolute atomic E-state index is 5.46. The lowest BCUT2D eigenvalue weighted by molar-refractivity contribution is 0.495. The van der Waals surface area contributed by atoms with Crippen LogP contribution in [0.1, 0.15) is 5.76 Å². The molecule has 1 N–H and O–H groups in total. The number of halogens is 1. The minimum Gasteiger partial charge on any atom is -0.452 e. The Morgan fingerprint density at radius 3 is 2.84 bits per heavy atom. The maximum atomic E-state index is 5.46. The van der Waals surface area contributed by atoms with E-state index in [2.05, 4.69) is 31.6 Å². The van der Waals surface area contributed by atoms with Gasteiger partial charge in [-0.3, -0.25) is 0 Å². The second-order valence-corrected chi connectivity index (χ2v) is 4.71. The standard InChI is InChI=1S/C13H11BrN4O/c14-13-6-5-10(19-13)9-15-11-3-1-2-4-12(11)18-8-7-16-17-18/h1-8,15H,9H2. The molecule has 0 aliphatic carbocycles. The van der Waals surface area contributed by atoms with Crippen LogP contribution in [0.3, 0.4) is 0 Å². The molecule has 0 atom stereocenters. The van der Waals surface area contributed by atoms with Gasteiger partial charge in [0.05, 0.1) is 30.3 Å². The van der Waals surface area contributed by atoms with Gasteiger partial charge >= 0.3 is 0 Å². The second-order valence-electron chi connectivity index (χ2n) is 3.92. The lowest BCUT2D eigenvalue weighted by Crippen LogP contribution is -2.04. The summed E-state index contributed by atoms with van der Waals surface area (Å²) in [6.07, 6.45) is 3.46. The van der Waals surface area contributed by atoms with Crippen molar-refractivity contribution in [2.24, 2.45) is 0 Å². The number of nitrogens with one attached hydrogen (secondary N) is 1. The first-order chi connectivity index (χ1) is 9.33. The first kappa shape index (κ1) is 12.0. The molecule has 5 nitrogen and oxygen atoms in total. The minimum atomic E-state index is 0.608. The molecular weight excluding hydrogens is 308 g/mol. The van der Waals surface area contributed by atoms with Crippen molar-refractivity contribution in [3.63, 3.8) is 0 Å². The molecule has 0 saturated heterocycles. The lowest BCUT2D eigenvalue weighted by Gasteiger charge is -2.10. The third-order valence-corrected chi connectivity index (χ3v) is 3.08. The number of rotatable bonds is 4. The van der Waals surface area contributed by atoms with Gasteiger partial charge in [-0.25, -0.2) is 4.68 Å². The second kappa shape index (κ2) is 5.27. The molecule has 0 bridgehead atoms. The molecule has 0 radical (unpaired) electrons. The highest BCUT2D eigenvalue weighted by Crippen LogP contribution is 2.20. The predicted octanol–water partition coefficient (Wildman–Crippen LogP) is 3.23. The first-order valence-corrected chi connectivity index (χ1v) is 6.56. The van der Waals surface area contributed by atoms with Crippen molar-refractivity contribution in [1.29, 1.82) is 0 Å². The van der Waals surface area contributed by atoms with Gasteiger partial charge in [0.15, 0.2) is 4.67 Å². The summed E-state index contributed by atoms with van der Waals surface area (Å²) >= 11 is 3.29. The largest absolute Gasteiger partial charge is 0.452 e. The zero-order valence-corrected chi connectivity index (χ0v) is 11.5. The van der Waals surface area contributed by atoms with Crippen LogP contribution in [0.5, 0.6) is 0 Å². The highest BCUT2D eigenvalue weighted by atomic mass is 79.9. The fourth-order valence-electron chi connectivity index (χ4n) is 1.79. The highest BCUT2D eigenvalue weighted by molar-refractivity contribution is 9.10. The van der Waals surface area contributed by atoms with E-state index in [0.29, 0.717) is 6.54 Å². The molecule has 3 rings (SSSR count). The van der Waals surface area contributed by atoms with Crippen molar-refractivity contribution < 1.29 is 4.42 Å². The molecule has 1 aromatic carbocycles.